The predicted molar refractivity (Wildman–Crippen MR) is 124 cm³/mol. The number of Topliss-reactive ketones (excluding diaryl/α,β-unsaturated/α-hetero) is 1. The van der Waals surface area contributed by atoms with Crippen LogP contribution in [0.4, 0.5) is 0 Å². The number of methoxy groups -OCH3 is 2. The molecule has 7 heteroatoms. The number of halogens is 1. The molecule has 6 nitrogen and oxygen atoms in total. The largest absolute Gasteiger partial charge is 0.493 e. The molecule has 0 saturated heterocycles. The van der Waals surface area contributed by atoms with Crippen molar-refractivity contribution in [2.24, 2.45) is 0 Å². The van der Waals surface area contributed by atoms with Crippen molar-refractivity contribution >= 4 is 54.8 Å². The van der Waals surface area contributed by atoms with Crippen molar-refractivity contribution in [1.82, 2.24) is 14.5 Å². The number of carbonyl (C=O) groups excluding carboxylic acids is 1. The quantitative estimate of drug-likeness (QED) is 0.318. The Kier molecular flexibility index (Phi) is 4.82. The molecule has 5 aromatic rings. The number of nitrogens with zero attached hydrogens (tertiary/aromatic N) is 3. The molecule has 0 atom stereocenters. The van der Waals surface area contributed by atoms with Crippen molar-refractivity contribution < 1.29 is 14.3 Å². The first kappa shape index (κ1) is 19.5. The minimum atomic E-state index is -0.0577. The van der Waals surface area contributed by atoms with E-state index in [1.165, 1.54) is 0 Å². The molecule has 154 valence electrons. The van der Waals surface area contributed by atoms with Gasteiger partial charge < -0.3 is 14.0 Å². The van der Waals surface area contributed by atoms with Crippen LogP contribution in [-0.4, -0.2) is 34.5 Å². The highest BCUT2D eigenvalue weighted by molar-refractivity contribution is 9.10. The molecular formula is C24H18BrN3O3. The van der Waals surface area contributed by atoms with Gasteiger partial charge in [-0.1, -0.05) is 28.1 Å². The number of fused-ring (bicyclic) bond motifs is 4. The number of para-hydroxylation sites is 2. The summed E-state index contributed by atoms with van der Waals surface area (Å²) in [5.41, 5.74) is 4.51. The summed E-state index contributed by atoms with van der Waals surface area (Å²) in [7, 11) is 3.12. The van der Waals surface area contributed by atoms with Gasteiger partial charge in [0.25, 0.3) is 0 Å². The van der Waals surface area contributed by atoms with E-state index in [1.54, 1.807) is 32.4 Å². The van der Waals surface area contributed by atoms with Gasteiger partial charge in [0.05, 0.1) is 37.3 Å². The van der Waals surface area contributed by atoms with E-state index in [0.717, 1.165) is 31.9 Å². The molecule has 0 spiro atoms. The molecule has 31 heavy (non-hydrogen) atoms. The van der Waals surface area contributed by atoms with Gasteiger partial charge in [0.15, 0.2) is 22.9 Å². The highest BCUT2D eigenvalue weighted by Gasteiger charge is 2.18. The lowest BCUT2D eigenvalue weighted by atomic mass is 10.1. The Bertz CT molecular complexity index is 1480. The van der Waals surface area contributed by atoms with Gasteiger partial charge in [-0.2, -0.15) is 0 Å². The number of ether oxygens (including phenoxy) is 2. The van der Waals surface area contributed by atoms with Gasteiger partial charge in [-0.3, -0.25) is 4.79 Å². The molecule has 3 aromatic carbocycles. The third-order valence-corrected chi connectivity index (χ3v) is 5.81. The first-order valence-corrected chi connectivity index (χ1v) is 10.5. The minimum absolute atomic E-state index is 0.0577. The summed E-state index contributed by atoms with van der Waals surface area (Å²) in [6.07, 6.45) is 0. The monoisotopic (exact) mass is 475 g/mol. The molecule has 0 bridgehead atoms. The van der Waals surface area contributed by atoms with Crippen LogP contribution >= 0.6 is 15.9 Å². The molecule has 0 fully saturated rings. The lowest BCUT2D eigenvalue weighted by Gasteiger charge is -2.10. The van der Waals surface area contributed by atoms with Gasteiger partial charge >= 0.3 is 0 Å². The van der Waals surface area contributed by atoms with Crippen LogP contribution in [0.3, 0.4) is 0 Å². The summed E-state index contributed by atoms with van der Waals surface area (Å²) in [5.74, 6) is 1.04. The van der Waals surface area contributed by atoms with E-state index in [0.29, 0.717) is 22.7 Å². The zero-order chi connectivity index (χ0) is 21.5. The average Bonchev–Trinajstić information content (AvgIpc) is 3.08. The van der Waals surface area contributed by atoms with Crippen LogP contribution in [-0.2, 0) is 6.54 Å². The van der Waals surface area contributed by atoms with E-state index < -0.39 is 0 Å². The summed E-state index contributed by atoms with van der Waals surface area (Å²) in [5, 5.41) is 0.947. The normalized spacial score (nSPS) is 11.3. The maximum Gasteiger partial charge on any atom is 0.182 e. The van der Waals surface area contributed by atoms with Crippen molar-refractivity contribution in [2.45, 2.75) is 6.54 Å². The van der Waals surface area contributed by atoms with Gasteiger partial charge in [-0.25, -0.2) is 9.97 Å². The number of hydrogen-bond acceptors (Lipinski definition) is 5. The van der Waals surface area contributed by atoms with Gasteiger partial charge in [0.1, 0.15) is 5.52 Å². The Labute approximate surface area is 186 Å². The zero-order valence-corrected chi connectivity index (χ0v) is 18.5. The number of rotatable bonds is 5. The second-order valence-corrected chi connectivity index (χ2v) is 8.04. The molecular weight excluding hydrogens is 458 g/mol. The fourth-order valence-electron chi connectivity index (χ4n) is 3.81. The van der Waals surface area contributed by atoms with Crippen molar-refractivity contribution in [3.63, 3.8) is 0 Å². The molecule has 2 aromatic heterocycles. The fraction of sp³-hybridized carbons (Fsp3) is 0.125. The molecule has 0 radical (unpaired) electrons. The molecule has 5 rings (SSSR count). The van der Waals surface area contributed by atoms with E-state index in [-0.39, 0.29) is 12.3 Å². The van der Waals surface area contributed by atoms with Gasteiger partial charge in [-0.05, 0) is 48.5 Å². The number of aromatic nitrogens is 3. The number of carbonyl (C=O) groups is 1. The first-order valence-electron chi connectivity index (χ1n) is 9.68. The Morgan fingerprint density at radius 2 is 1.68 bits per heavy atom. The predicted octanol–water partition coefficient (Wildman–Crippen LogP) is 5.40. The smallest absolute Gasteiger partial charge is 0.182 e. The summed E-state index contributed by atoms with van der Waals surface area (Å²) >= 11 is 3.54. The number of ketones is 1. The van der Waals surface area contributed by atoms with E-state index in [4.69, 9.17) is 19.4 Å². The maximum atomic E-state index is 13.2. The molecule has 0 aliphatic carbocycles. The van der Waals surface area contributed by atoms with Crippen LogP contribution in [0.15, 0.2) is 65.1 Å². The van der Waals surface area contributed by atoms with Crippen molar-refractivity contribution in [1.29, 1.82) is 0 Å². The Morgan fingerprint density at radius 3 is 2.42 bits per heavy atom. The zero-order valence-electron chi connectivity index (χ0n) is 16.9. The molecule has 0 N–H and O–H groups in total. The molecule has 0 amide bonds. The maximum absolute atomic E-state index is 13.2. The third-order valence-electron chi connectivity index (χ3n) is 5.32. The van der Waals surface area contributed by atoms with E-state index in [9.17, 15) is 4.79 Å². The van der Waals surface area contributed by atoms with Crippen LogP contribution in [0.1, 0.15) is 10.4 Å². The molecule has 0 aliphatic heterocycles. The van der Waals surface area contributed by atoms with Crippen LogP contribution < -0.4 is 9.47 Å². The van der Waals surface area contributed by atoms with Crippen LogP contribution in [0.2, 0.25) is 0 Å². The van der Waals surface area contributed by atoms with Crippen molar-refractivity contribution in [3.8, 4) is 11.5 Å². The Morgan fingerprint density at radius 1 is 0.935 bits per heavy atom. The van der Waals surface area contributed by atoms with Gasteiger partial charge in [0.2, 0.25) is 0 Å². The van der Waals surface area contributed by atoms with Crippen LogP contribution in [0, 0.1) is 0 Å². The van der Waals surface area contributed by atoms with Gasteiger partial charge in [0, 0.05) is 15.4 Å². The summed E-state index contributed by atoms with van der Waals surface area (Å²) < 4.78 is 13.5. The molecule has 0 unspecified atom stereocenters. The Balaban J connectivity index is 1.68. The van der Waals surface area contributed by atoms with E-state index >= 15 is 0 Å². The second kappa shape index (κ2) is 7.67. The van der Waals surface area contributed by atoms with Gasteiger partial charge in [-0.15, -0.1) is 0 Å². The minimum Gasteiger partial charge on any atom is -0.493 e. The summed E-state index contributed by atoms with van der Waals surface area (Å²) in [6.45, 7) is 0.129. The number of hydrogen-bond donors (Lipinski definition) is 0. The highest BCUT2D eigenvalue weighted by atomic mass is 79.9. The lowest BCUT2D eigenvalue weighted by Crippen LogP contribution is -2.11. The topological polar surface area (TPSA) is 66.2 Å². The Hall–Kier alpha value is -3.45. The fourth-order valence-corrected chi connectivity index (χ4v) is 4.17. The summed E-state index contributed by atoms with van der Waals surface area (Å²) in [6, 6.07) is 18.9. The first-order chi connectivity index (χ1) is 15.1. The molecule has 0 saturated carbocycles. The van der Waals surface area contributed by atoms with Crippen LogP contribution in [0.25, 0.3) is 33.1 Å². The standard InChI is InChI=1S/C24H18BrN3O3/c1-30-21-10-7-14(11-22(21)31-2)20(29)13-28-19-9-8-15(25)12-16(19)23-24(28)27-18-6-4-3-5-17(18)26-23/h3-12H,13H2,1-2H3. The third kappa shape index (κ3) is 3.31. The van der Waals surface area contributed by atoms with Crippen molar-refractivity contribution in [3.05, 3.63) is 70.7 Å². The van der Waals surface area contributed by atoms with Crippen LogP contribution in [0.5, 0.6) is 11.5 Å². The lowest BCUT2D eigenvalue weighted by molar-refractivity contribution is 0.0974. The van der Waals surface area contributed by atoms with E-state index in [1.807, 2.05) is 47.0 Å². The van der Waals surface area contributed by atoms with E-state index in [2.05, 4.69) is 15.9 Å². The summed E-state index contributed by atoms with van der Waals surface area (Å²) in [4.78, 5) is 22.9. The SMILES string of the molecule is COc1ccc(C(=O)Cn2c3ccc(Br)cc3c3nc4ccccc4nc32)cc1OC. The molecule has 2 heterocycles. The highest BCUT2D eigenvalue weighted by Crippen LogP contribution is 2.32. The van der Waals surface area contributed by atoms with Crippen molar-refractivity contribution in [2.75, 3.05) is 14.2 Å². The number of benzene rings is 3. The average molecular weight is 476 g/mol. The molecule has 0 aliphatic rings. The second-order valence-electron chi connectivity index (χ2n) is 7.13.